The maximum atomic E-state index is 6.01. The highest BCUT2D eigenvalue weighted by Crippen LogP contribution is 2.33. The number of hydrogen-bond acceptors (Lipinski definition) is 4. The van der Waals surface area contributed by atoms with Gasteiger partial charge >= 0.3 is 0 Å². The number of nitrogens with two attached hydrogens (primary N) is 1. The molecule has 2 N–H and O–H groups in total. The molecule has 1 atom stereocenters. The number of ether oxygens (including phenoxy) is 1. The lowest BCUT2D eigenvalue weighted by atomic mass is 9.96. The average molecular weight is 266 g/mol. The summed E-state index contributed by atoms with van der Waals surface area (Å²) in [6.45, 7) is 1.62. The Morgan fingerprint density at radius 3 is 2.83 bits per heavy atom. The van der Waals surface area contributed by atoms with E-state index in [4.69, 9.17) is 10.5 Å². The number of nitrogens with zero attached hydrogens (tertiary/aromatic N) is 1. The third-order valence-electron chi connectivity index (χ3n) is 3.87. The number of methoxy groups -OCH3 is 1. The van der Waals surface area contributed by atoms with Gasteiger partial charge < -0.3 is 10.5 Å². The van der Waals surface area contributed by atoms with E-state index in [0.717, 1.165) is 24.6 Å². The lowest BCUT2D eigenvalue weighted by molar-refractivity contribution is 0.142. The van der Waals surface area contributed by atoms with Crippen molar-refractivity contribution in [2.45, 2.75) is 18.5 Å². The molecule has 1 aliphatic rings. The molecular weight excluding hydrogens is 244 g/mol. The van der Waals surface area contributed by atoms with Crippen LogP contribution in [0, 0.1) is 0 Å². The SMILES string of the molecule is COc1ccccc1CN(C)C1(CN)CCSC1. The molecular formula is C14H22N2OS. The number of hydrogen-bond donors (Lipinski definition) is 1. The van der Waals surface area contributed by atoms with E-state index in [1.54, 1.807) is 7.11 Å². The summed E-state index contributed by atoms with van der Waals surface area (Å²) in [5.74, 6) is 3.31. The highest BCUT2D eigenvalue weighted by Gasteiger charge is 2.37. The average Bonchev–Trinajstić information content (AvgIpc) is 2.89. The number of thioether (sulfide) groups is 1. The predicted molar refractivity (Wildman–Crippen MR) is 78.2 cm³/mol. The van der Waals surface area contributed by atoms with Gasteiger partial charge in [0.25, 0.3) is 0 Å². The molecule has 18 heavy (non-hydrogen) atoms. The fourth-order valence-corrected chi connectivity index (χ4v) is 4.00. The number of benzene rings is 1. The fourth-order valence-electron chi connectivity index (χ4n) is 2.47. The monoisotopic (exact) mass is 266 g/mol. The van der Waals surface area contributed by atoms with Crippen molar-refractivity contribution in [1.29, 1.82) is 0 Å². The van der Waals surface area contributed by atoms with Gasteiger partial charge in [-0.25, -0.2) is 0 Å². The van der Waals surface area contributed by atoms with Crippen LogP contribution in [0.15, 0.2) is 24.3 Å². The van der Waals surface area contributed by atoms with Crippen molar-refractivity contribution in [2.24, 2.45) is 5.73 Å². The van der Waals surface area contributed by atoms with Crippen LogP contribution in [0.4, 0.5) is 0 Å². The van der Waals surface area contributed by atoms with Crippen molar-refractivity contribution in [2.75, 3.05) is 32.2 Å². The van der Waals surface area contributed by atoms with Gasteiger partial charge in [-0.15, -0.1) is 0 Å². The number of likely N-dealkylation sites (N-methyl/N-ethyl adjacent to an activating group) is 1. The first-order valence-corrected chi connectivity index (χ1v) is 7.48. The summed E-state index contributed by atoms with van der Waals surface area (Å²) in [5.41, 5.74) is 7.39. The minimum absolute atomic E-state index is 0.158. The Morgan fingerprint density at radius 1 is 1.44 bits per heavy atom. The van der Waals surface area contributed by atoms with Crippen LogP contribution in [0.1, 0.15) is 12.0 Å². The van der Waals surface area contributed by atoms with E-state index in [1.165, 1.54) is 17.7 Å². The summed E-state index contributed by atoms with van der Waals surface area (Å²) < 4.78 is 5.41. The first-order chi connectivity index (χ1) is 8.72. The van der Waals surface area contributed by atoms with Crippen LogP contribution < -0.4 is 10.5 Å². The molecule has 100 valence electrons. The smallest absolute Gasteiger partial charge is 0.123 e. The van der Waals surface area contributed by atoms with E-state index in [2.05, 4.69) is 24.1 Å². The minimum atomic E-state index is 0.158. The Bertz CT molecular complexity index is 391. The molecule has 1 saturated heterocycles. The van der Waals surface area contributed by atoms with E-state index in [0.29, 0.717) is 0 Å². The molecule has 2 rings (SSSR count). The van der Waals surface area contributed by atoms with Crippen LogP contribution in [0.25, 0.3) is 0 Å². The quantitative estimate of drug-likeness (QED) is 0.884. The molecule has 0 radical (unpaired) electrons. The number of para-hydroxylation sites is 1. The highest BCUT2D eigenvalue weighted by atomic mass is 32.2. The van der Waals surface area contributed by atoms with Crippen LogP contribution in [-0.2, 0) is 6.54 Å². The van der Waals surface area contributed by atoms with Crippen LogP contribution in [0.3, 0.4) is 0 Å². The second kappa shape index (κ2) is 5.95. The third kappa shape index (κ3) is 2.66. The van der Waals surface area contributed by atoms with E-state index in [1.807, 2.05) is 23.9 Å². The molecule has 1 aromatic carbocycles. The van der Waals surface area contributed by atoms with Gasteiger partial charge in [-0.3, -0.25) is 4.90 Å². The zero-order valence-corrected chi connectivity index (χ0v) is 12.0. The maximum Gasteiger partial charge on any atom is 0.123 e. The zero-order chi connectivity index (χ0) is 13.0. The normalized spacial score (nSPS) is 23.6. The van der Waals surface area contributed by atoms with Crippen molar-refractivity contribution >= 4 is 11.8 Å². The Balaban J connectivity index is 2.12. The Hall–Kier alpha value is -0.710. The third-order valence-corrected chi connectivity index (χ3v) is 5.11. The second-order valence-corrected chi connectivity index (χ2v) is 6.00. The summed E-state index contributed by atoms with van der Waals surface area (Å²) >= 11 is 2.00. The van der Waals surface area contributed by atoms with Gasteiger partial charge in [0.1, 0.15) is 5.75 Å². The minimum Gasteiger partial charge on any atom is -0.496 e. The molecule has 1 unspecified atom stereocenters. The molecule has 0 spiro atoms. The van der Waals surface area contributed by atoms with Crippen LogP contribution in [0.2, 0.25) is 0 Å². The van der Waals surface area contributed by atoms with Gasteiger partial charge in [-0.1, -0.05) is 18.2 Å². The topological polar surface area (TPSA) is 38.5 Å². The van der Waals surface area contributed by atoms with E-state index >= 15 is 0 Å². The summed E-state index contributed by atoms with van der Waals surface area (Å²) in [6.07, 6.45) is 1.18. The Morgan fingerprint density at radius 2 is 2.22 bits per heavy atom. The van der Waals surface area contributed by atoms with Gasteiger partial charge in [0.05, 0.1) is 7.11 Å². The van der Waals surface area contributed by atoms with Crippen LogP contribution in [-0.4, -0.2) is 42.6 Å². The van der Waals surface area contributed by atoms with Gasteiger partial charge in [-0.05, 0) is 25.3 Å². The van der Waals surface area contributed by atoms with Gasteiger partial charge in [0.2, 0.25) is 0 Å². The van der Waals surface area contributed by atoms with Crippen molar-refractivity contribution in [3.63, 3.8) is 0 Å². The molecule has 1 fully saturated rings. The molecule has 0 bridgehead atoms. The molecule has 0 amide bonds. The van der Waals surface area contributed by atoms with E-state index < -0.39 is 0 Å². The summed E-state index contributed by atoms with van der Waals surface area (Å²) in [4.78, 5) is 2.39. The summed E-state index contributed by atoms with van der Waals surface area (Å²) in [7, 11) is 3.90. The van der Waals surface area contributed by atoms with Crippen LogP contribution >= 0.6 is 11.8 Å². The second-order valence-electron chi connectivity index (χ2n) is 4.90. The highest BCUT2D eigenvalue weighted by molar-refractivity contribution is 7.99. The van der Waals surface area contributed by atoms with E-state index in [-0.39, 0.29) is 5.54 Å². The van der Waals surface area contributed by atoms with E-state index in [9.17, 15) is 0 Å². The molecule has 4 heteroatoms. The Labute approximate surface area is 114 Å². The first-order valence-electron chi connectivity index (χ1n) is 6.33. The van der Waals surface area contributed by atoms with Crippen LogP contribution in [0.5, 0.6) is 5.75 Å². The molecule has 0 saturated carbocycles. The summed E-state index contributed by atoms with van der Waals surface area (Å²) in [5, 5.41) is 0. The van der Waals surface area contributed by atoms with Crippen molar-refractivity contribution in [3.05, 3.63) is 29.8 Å². The lowest BCUT2D eigenvalue weighted by Gasteiger charge is -2.37. The van der Waals surface area contributed by atoms with Crippen molar-refractivity contribution in [3.8, 4) is 5.75 Å². The van der Waals surface area contributed by atoms with Gasteiger partial charge in [-0.2, -0.15) is 11.8 Å². The standard InChI is InChI=1S/C14H22N2OS/c1-16(14(10-15)7-8-18-11-14)9-12-5-3-4-6-13(12)17-2/h3-6H,7-11,15H2,1-2H3. The lowest BCUT2D eigenvalue weighted by Crippen LogP contribution is -2.51. The first kappa shape index (κ1) is 13.7. The number of rotatable bonds is 5. The molecule has 1 heterocycles. The largest absolute Gasteiger partial charge is 0.496 e. The predicted octanol–water partition coefficient (Wildman–Crippen LogP) is 1.96. The molecule has 0 aromatic heterocycles. The zero-order valence-electron chi connectivity index (χ0n) is 11.2. The van der Waals surface area contributed by atoms with Gasteiger partial charge in [0.15, 0.2) is 0 Å². The molecule has 3 nitrogen and oxygen atoms in total. The summed E-state index contributed by atoms with van der Waals surface area (Å²) in [6, 6.07) is 8.21. The molecule has 1 aromatic rings. The fraction of sp³-hybridized carbons (Fsp3) is 0.571. The molecule has 1 aliphatic heterocycles. The van der Waals surface area contributed by atoms with Crippen molar-refractivity contribution < 1.29 is 4.74 Å². The molecule has 0 aliphatic carbocycles. The van der Waals surface area contributed by atoms with Gasteiger partial charge in [0, 0.05) is 29.9 Å². The maximum absolute atomic E-state index is 6.01. The Kier molecular flexibility index (Phi) is 4.54. The van der Waals surface area contributed by atoms with Crippen molar-refractivity contribution in [1.82, 2.24) is 4.90 Å².